The van der Waals surface area contributed by atoms with Crippen LogP contribution in [0.4, 0.5) is 14.5 Å². The fourth-order valence-corrected chi connectivity index (χ4v) is 2.77. The van der Waals surface area contributed by atoms with Gasteiger partial charge >= 0.3 is 0 Å². The lowest BCUT2D eigenvalue weighted by Crippen LogP contribution is -2.04. The summed E-state index contributed by atoms with van der Waals surface area (Å²) in [6, 6.07) is 18.3. The molecule has 1 N–H and O–H groups in total. The maximum absolute atomic E-state index is 13.7. The van der Waals surface area contributed by atoms with Crippen molar-refractivity contribution in [1.82, 2.24) is 0 Å². The van der Waals surface area contributed by atoms with Crippen LogP contribution < -0.4 is 10.1 Å². The van der Waals surface area contributed by atoms with Crippen LogP contribution in [0, 0.1) is 11.6 Å². The van der Waals surface area contributed by atoms with E-state index < -0.39 is 0 Å². The van der Waals surface area contributed by atoms with Crippen molar-refractivity contribution in [1.29, 1.82) is 0 Å². The van der Waals surface area contributed by atoms with Crippen LogP contribution in [-0.2, 0) is 13.2 Å². The van der Waals surface area contributed by atoms with Crippen LogP contribution in [0.1, 0.15) is 11.1 Å². The fourth-order valence-electron chi connectivity index (χ4n) is 2.36. The van der Waals surface area contributed by atoms with E-state index in [1.807, 2.05) is 18.2 Å². The van der Waals surface area contributed by atoms with Gasteiger partial charge in [-0.1, -0.05) is 34.1 Å². The van der Waals surface area contributed by atoms with Gasteiger partial charge in [-0.15, -0.1) is 0 Å². The summed E-state index contributed by atoms with van der Waals surface area (Å²) in [5, 5.41) is 3.22. The predicted octanol–water partition coefficient (Wildman–Crippen LogP) is 5.92. The number of halogens is 3. The molecule has 0 aliphatic rings. The van der Waals surface area contributed by atoms with Crippen LogP contribution in [0.3, 0.4) is 0 Å². The molecule has 0 spiro atoms. The van der Waals surface area contributed by atoms with Crippen LogP contribution >= 0.6 is 15.9 Å². The maximum Gasteiger partial charge on any atom is 0.129 e. The number of ether oxygens (including phenoxy) is 1. The Labute approximate surface area is 153 Å². The van der Waals surface area contributed by atoms with Crippen molar-refractivity contribution < 1.29 is 13.5 Å². The van der Waals surface area contributed by atoms with Gasteiger partial charge in [-0.2, -0.15) is 0 Å². The van der Waals surface area contributed by atoms with Crippen LogP contribution in [0.2, 0.25) is 0 Å². The molecule has 0 radical (unpaired) electrons. The van der Waals surface area contributed by atoms with Gasteiger partial charge in [0.1, 0.15) is 24.0 Å². The summed E-state index contributed by atoms with van der Waals surface area (Å²) >= 11 is 3.45. The molecule has 0 atom stereocenters. The Balaban J connectivity index is 1.71. The average molecular weight is 404 g/mol. The highest BCUT2D eigenvalue weighted by Crippen LogP contribution is 2.25. The van der Waals surface area contributed by atoms with Gasteiger partial charge in [0, 0.05) is 27.8 Å². The Bertz CT molecular complexity index is 853. The maximum atomic E-state index is 13.7. The molecule has 3 aromatic carbocycles. The summed E-state index contributed by atoms with van der Waals surface area (Å²) in [7, 11) is 0. The van der Waals surface area contributed by atoms with Crippen LogP contribution in [0.15, 0.2) is 71.2 Å². The molecule has 2 nitrogen and oxygen atoms in total. The second kappa shape index (κ2) is 8.12. The first kappa shape index (κ1) is 17.4. The number of hydrogen-bond acceptors (Lipinski definition) is 2. The normalized spacial score (nSPS) is 10.5. The van der Waals surface area contributed by atoms with Crippen molar-refractivity contribution in [3.63, 3.8) is 0 Å². The van der Waals surface area contributed by atoms with Crippen LogP contribution in [0.5, 0.6) is 5.75 Å². The quantitative estimate of drug-likeness (QED) is 0.551. The molecule has 5 heteroatoms. The van der Waals surface area contributed by atoms with Crippen molar-refractivity contribution in [2.24, 2.45) is 0 Å². The highest BCUT2D eigenvalue weighted by molar-refractivity contribution is 9.10. The Kier molecular flexibility index (Phi) is 5.66. The largest absolute Gasteiger partial charge is 0.488 e. The van der Waals surface area contributed by atoms with Crippen molar-refractivity contribution in [3.8, 4) is 5.75 Å². The molecule has 0 unspecified atom stereocenters. The minimum Gasteiger partial charge on any atom is -0.488 e. The van der Waals surface area contributed by atoms with E-state index >= 15 is 0 Å². The zero-order chi connectivity index (χ0) is 17.6. The summed E-state index contributed by atoms with van der Waals surface area (Å²) in [6.07, 6.45) is 0. The van der Waals surface area contributed by atoms with E-state index in [0.717, 1.165) is 15.7 Å². The molecule has 0 aromatic heterocycles. The standard InChI is InChI=1S/C20H16BrF2NO/c21-16-5-10-20(25-13-14-3-1-2-4-19(14)23)15(11-16)12-24-18-8-6-17(22)7-9-18/h1-11,24H,12-13H2. The molecule has 128 valence electrons. The van der Waals surface area contributed by atoms with Gasteiger partial charge in [-0.25, -0.2) is 8.78 Å². The molecule has 0 bridgehead atoms. The Morgan fingerprint density at radius 2 is 1.64 bits per heavy atom. The van der Waals surface area contributed by atoms with E-state index in [9.17, 15) is 8.78 Å². The molecule has 0 aliphatic carbocycles. The second-order valence-corrected chi connectivity index (χ2v) is 6.41. The molecule has 3 rings (SSSR count). The lowest BCUT2D eigenvalue weighted by molar-refractivity contribution is 0.297. The van der Waals surface area contributed by atoms with Crippen LogP contribution in [-0.4, -0.2) is 0 Å². The molecule has 0 saturated carbocycles. The second-order valence-electron chi connectivity index (χ2n) is 5.49. The third kappa shape index (κ3) is 4.79. The number of benzene rings is 3. The summed E-state index contributed by atoms with van der Waals surface area (Å²) in [5.41, 5.74) is 2.22. The molecule has 0 fully saturated rings. The zero-order valence-corrected chi connectivity index (χ0v) is 14.9. The number of nitrogens with one attached hydrogen (secondary N) is 1. The van der Waals surface area contributed by atoms with Crippen molar-refractivity contribution >= 4 is 21.6 Å². The summed E-state index contributed by atoms with van der Waals surface area (Å²) in [5.74, 6) is 0.105. The van der Waals surface area contributed by atoms with Gasteiger partial charge in [0.15, 0.2) is 0 Å². The smallest absolute Gasteiger partial charge is 0.129 e. The van der Waals surface area contributed by atoms with Crippen molar-refractivity contribution in [3.05, 3.63) is 94.0 Å². The number of rotatable bonds is 6. The van der Waals surface area contributed by atoms with Gasteiger partial charge in [-0.3, -0.25) is 0 Å². The minimum atomic E-state index is -0.286. The first-order valence-corrected chi connectivity index (χ1v) is 8.55. The molecular formula is C20H16BrF2NO. The number of hydrogen-bond donors (Lipinski definition) is 1. The predicted molar refractivity (Wildman–Crippen MR) is 98.6 cm³/mol. The van der Waals surface area contributed by atoms with Gasteiger partial charge in [0.25, 0.3) is 0 Å². The summed E-state index contributed by atoms with van der Waals surface area (Å²) in [6.45, 7) is 0.648. The first-order chi connectivity index (χ1) is 12.1. The number of anilines is 1. The van der Waals surface area contributed by atoms with Crippen LogP contribution in [0.25, 0.3) is 0 Å². The van der Waals surface area contributed by atoms with E-state index in [2.05, 4.69) is 21.2 Å². The van der Waals surface area contributed by atoms with Gasteiger partial charge in [0.2, 0.25) is 0 Å². The highest BCUT2D eigenvalue weighted by Gasteiger charge is 2.07. The fraction of sp³-hybridized carbons (Fsp3) is 0.100. The minimum absolute atomic E-state index is 0.151. The Morgan fingerprint density at radius 1 is 0.880 bits per heavy atom. The SMILES string of the molecule is Fc1ccc(NCc2cc(Br)ccc2OCc2ccccc2F)cc1. The lowest BCUT2D eigenvalue weighted by Gasteiger charge is -2.14. The van der Waals surface area contributed by atoms with E-state index in [1.165, 1.54) is 18.2 Å². The van der Waals surface area contributed by atoms with Crippen molar-refractivity contribution in [2.45, 2.75) is 13.2 Å². The van der Waals surface area contributed by atoms with Gasteiger partial charge in [0.05, 0.1) is 0 Å². The van der Waals surface area contributed by atoms with Crippen molar-refractivity contribution in [2.75, 3.05) is 5.32 Å². The van der Waals surface area contributed by atoms with E-state index in [1.54, 1.807) is 30.3 Å². The molecule has 0 saturated heterocycles. The molecular weight excluding hydrogens is 388 g/mol. The summed E-state index contributed by atoms with van der Waals surface area (Å²) in [4.78, 5) is 0. The summed E-state index contributed by atoms with van der Waals surface area (Å²) < 4.78 is 33.4. The average Bonchev–Trinajstić information content (AvgIpc) is 2.62. The Morgan fingerprint density at radius 3 is 2.40 bits per heavy atom. The molecule has 0 heterocycles. The van der Waals surface area contributed by atoms with E-state index in [0.29, 0.717) is 17.9 Å². The topological polar surface area (TPSA) is 21.3 Å². The monoisotopic (exact) mass is 403 g/mol. The zero-order valence-electron chi connectivity index (χ0n) is 13.3. The van der Waals surface area contributed by atoms with Gasteiger partial charge in [-0.05, 0) is 48.5 Å². The third-order valence-corrected chi connectivity index (χ3v) is 4.18. The Hall–Kier alpha value is -2.40. The lowest BCUT2D eigenvalue weighted by atomic mass is 10.2. The highest BCUT2D eigenvalue weighted by atomic mass is 79.9. The molecule has 25 heavy (non-hydrogen) atoms. The molecule has 0 amide bonds. The third-order valence-electron chi connectivity index (χ3n) is 3.69. The molecule has 3 aromatic rings. The first-order valence-electron chi connectivity index (χ1n) is 7.76. The van der Waals surface area contributed by atoms with Gasteiger partial charge < -0.3 is 10.1 Å². The molecule has 0 aliphatic heterocycles. The van der Waals surface area contributed by atoms with E-state index in [4.69, 9.17) is 4.74 Å². The van der Waals surface area contributed by atoms with E-state index in [-0.39, 0.29) is 18.2 Å².